The zero-order chi connectivity index (χ0) is 12.4. The minimum absolute atomic E-state index is 0.154. The Morgan fingerprint density at radius 3 is 2.12 bits per heavy atom. The standard InChI is InChI=1S/C12H25NO2S/c1-4-11(2,3)16(14,15)10-12(13)8-6-5-7-9-12/h4-10,13H2,1-3H3. The lowest BCUT2D eigenvalue weighted by Gasteiger charge is -2.36. The van der Waals surface area contributed by atoms with Crippen molar-refractivity contribution in [2.45, 2.75) is 69.6 Å². The maximum absolute atomic E-state index is 12.3. The average molecular weight is 247 g/mol. The fourth-order valence-electron chi connectivity index (χ4n) is 2.19. The lowest BCUT2D eigenvalue weighted by Crippen LogP contribution is -2.51. The monoisotopic (exact) mass is 247 g/mol. The van der Waals surface area contributed by atoms with Crippen molar-refractivity contribution in [3.05, 3.63) is 0 Å². The maximum Gasteiger partial charge on any atom is 0.157 e. The molecular formula is C12H25NO2S. The van der Waals surface area contributed by atoms with E-state index < -0.39 is 20.1 Å². The first-order chi connectivity index (χ1) is 7.22. The van der Waals surface area contributed by atoms with Crippen molar-refractivity contribution in [1.29, 1.82) is 0 Å². The molecule has 1 fully saturated rings. The molecule has 0 bridgehead atoms. The summed E-state index contributed by atoms with van der Waals surface area (Å²) in [6.07, 6.45) is 5.68. The van der Waals surface area contributed by atoms with Crippen molar-refractivity contribution in [3.8, 4) is 0 Å². The Labute approximate surface area is 99.7 Å². The number of hydrogen-bond acceptors (Lipinski definition) is 3. The largest absolute Gasteiger partial charge is 0.324 e. The molecule has 1 saturated carbocycles. The summed E-state index contributed by atoms with van der Waals surface area (Å²) in [5.41, 5.74) is 5.75. The Bertz CT molecular complexity index is 327. The van der Waals surface area contributed by atoms with Gasteiger partial charge in [0.1, 0.15) is 0 Å². The van der Waals surface area contributed by atoms with Gasteiger partial charge in [0.25, 0.3) is 0 Å². The summed E-state index contributed by atoms with van der Waals surface area (Å²) in [5.74, 6) is 0.154. The van der Waals surface area contributed by atoms with E-state index in [0.717, 1.165) is 25.7 Å². The molecule has 3 nitrogen and oxygen atoms in total. The fraction of sp³-hybridized carbons (Fsp3) is 1.00. The van der Waals surface area contributed by atoms with Gasteiger partial charge in [-0.1, -0.05) is 26.2 Å². The van der Waals surface area contributed by atoms with Crippen molar-refractivity contribution in [2.24, 2.45) is 5.73 Å². The first-order valence-corrected chi connectivity index (χ1v) is 7.89. The highest BCUT2D eigenvalue weighted by Crippen LogP contribution is 2.31. The van der Waals surface area contributed by atoms with E-state index in [4.69, 9.17) is 5.73 Å². The third-order valence-corrected chi connectivity index (χ3v) is 6.95. The SMILES string of the molecule is CCC(C)(C)S(=O)(=O)CC1(N)CCCCC1. The lowest BCUT2D eigenvalue weighted by atomic mass is 9.84. The number of nitrogens with two attached hydrogens (primary N) is 1. The summed E-state index contributed by atoms with van der Waals surface area (Å²) in [7, 11) is -3.09. The number of sulfone groups is 1. The van der Waals surface area contributed by atoms with Crippen molar-refractivity contribution in [3.63, 3.8) is 0 Å². The van der Waals surface area contributed by atoms with Gasteiger partial charge in [-0.2, -0.15) is 0 Å². The first-order valence-electron chi connectivity index (χ1n) is 6.24. The lowest BCUT2D eigenvalue weighted by molar-refractivity contribution is 0.321. The van der Waals surface area contributed by atoms with Gasteiger partial charge in [-0.3, -0.25) is 0 Å². The van der Waals surface area contributed by atoms with Crippen molar-refractivity contribution < 1.29 is 8.42 Å². The molecule has 1 rings (SSSR count). The number of rotatable bonds is 4. The minimum Gasteiger partial charge on any atom is -0.324 e. The van der Waals surface area contributed by atoms with Crippen LogP contribution in [0.5, 0.6) is 0 Å². The fourth-order valence-corrected chi connectivity index (χ4v) is 4.07. The summed E-state index contributed by atoms with van der Waals surface area (Å²) in [4.78, 5) is 0. The van der Waals surface area contributed by atoms with Crippen LogP contribution in [0, 0.1) is 0 Å². The van der Waals surface area contributed by atoms with Gasteiger partial charge in [-0.15, -0.1) is 0 Å². The Kier molecular flexibility index (Phi) is 4.06. The molecule has 0 aromatic carbocycles. The van der Waals surface area contributed by atoms with E-state index in [9.17, 15) is 8.42 Å². The van der Waals surface area contributed by atoms with Crippen LogP contribution in [-0.2, 0) is 9.84 Å². The highest BCUT2D eigenvalue weighted by Gasteiger charge is 2.40. The Morgan fingerprint density at radius 2 is 1.69 bits per heavy atom. The highest BCUT2D eigenvalue weighted by molar-refractivity contribution is 7.92. The predicted molar refractivity (Wildman–Crippen MR) is 68.2 cm³/mol. The quantitative estimate of drug-likeness (QED) is 0.829. The molecule has 0 spiro atoms. The van der Waals surface area contributed by atoms with Gasteiger partial charge in [0.2, 0.25) is 0 Å². The van der Waals surface area contributed by atoms with E-state index in [1.807, 2.05) is 6.92 Å². The van der Waals surface area contributed by atoms with Gasteiger partial charge in [0.05, 0.1) is 10.5 Å². The van der Waals surface area contributed by atoms with E-state index in [2.05, 4.69) is 0 Å². The molecule has 16 heavy (non-hydrogen) atoms. The minimum atomic E-state index is -3.09. The smallest absolute Gasteiger partial charge is 0.157 e. The molecule has 4 heteroatoms. The molecule has 0 heterocycles. The Balaban J connectivity index is 2.79. The second kappa shape index (κ2) is 4.65. The normalized spacial score (nSPS) is 22.0. The second-order valence-electron chi connectivity index (χ2n) is 5.80. The Morgan fingerprint density at radius 1 is 1.19 bits per heavy atom. The molecule has 0 atom stereocenters. The molecule has 0 saturated heterocycles. The maximum atomic E-state index is 12.3. The number of hydrogen-bond donors (Lipinski definition) is 1. The van der Waals surface area contributed by atoms with Crippen molar-refractivity contribution in [1.82, 2.24) is 0 Å². The van der Waals surface area contributed by atoms with Gasteiger partial charge in [0.15, 0.2) is 9.84 Å². The predicted octanol–water partition coefficient (Wildman–Crippen LogP) is 2.25. The second-order valence-corrected chi connectivity index (χ2v) is 8.42. The van der Waals surface area contributed by atoms with Gasteiger partial charge >= 0.3 is 0 Å². The summed E-state index contributed by atoms with van der Waals surface area (Å²) in [6, 6.07) is 0. The van der Waals surface area contributed by atoms with Crippen LogP contribution in [-0.4, -0.2) is 24.5 Å². The van der Waals surface area contributed by atoms with E-state index in [1.54, 1.807) is 13.8 Å². The van der Waals surface area contributed by atoms with Gasteiger partial charge < -0.3 is 5.73 Å². The highest BCUT2D eigenvalue weighted by atomic mass is 32.2. The summed E-state index contributed by atoms with van der Waals surface area (Å²) < 4.78 is 23.9. The van der Waals surface area contributed by atoms with Gasteiger partial charge in [0, 0.05) is 5.54 Å². The van der Waals surface area contributed by atoms with Crippen molar-refractivity contribution >= 4 is 9.84 Å². The molecule has 0 amide bonds. The van der Waals surface area contributed by atoms with Crippen LogP contribution in [0.3, 0.4) is 0 Å². The third-order valence-electron chi connectivity index (χ3n) is 4.02. The van der Waals surface area contributed by atoms with Crippen LogP contribution in [0.2, 0.25) is 0 Å². The third kappa shape index (κ3) is 2.98. The summed E-state index contributed by atoms with van der Waals surface area (Å²) >= 11 is 0. The van der Waals surface area contributed by atoms with Crippen LogP contribution in [0.1, 0.15) is 59.3 Å². The van der Waals surface area contributed by atoms with E-state index >= 15 is 0 Å². The summed E-state index contributed by atoms with van der Waals surface area (Å²) in [6.45, 7) is 5.52. The molecule has 0 aliphatic heterocycles. The molecule has 0 aromatic rings. The summed E-state index contributed by atoms with van der Waals surface area (Å²) in [5, 5.41) is 0. The van der Waals surface area contributed by atoms with Gasteiger partial charge in [-0.25, -0.2) is 8.42 Å². The van der Waals surface area contributed by atoms with Crippen LogP contribution in [0.4, 0.5) is 0 Å². The Hall–Kier alpha value is -0.0900. The van der Waals surface area contributed by atoms with Crippen LogP contribution in [0.25, 0.3) is 0 Å². The van der Waals surface area contributed by atoms with Gasteiger partial charge in [-0.05, 0) is 33.1 Å². The molecule has 0 unspecified atom stereocenters. The van der Waals surface area contributed by atoms with E-state index in [0.29, 0.717) is 6.42 Å². The molecule has 0 radical (unpaired) electrons. The zero-order valence-corrected chi connectivity index (χ0v) is 11.6. The molecule has 2 N–H and O–H groups in total. The first kappa shape index (κ1) is 14.0. The average Bonchev–Trinajstić information content (AvgIpc) is 2.17. The molecule has 1 aliphatic carbocycles. The van der Waals surface area contributed by atoms with Crippen LogP contribution < -0.4 is 5.73 Å². The molecule has 0 aromatic heterocycles. The van der Waals surface area contributed by atoms with E-state index in [1.165, 1.54) is 6.42 Å². The van der Waals surface area contributed by atoms with E-state index in [-0.39, 0.29) is 5.75 Å². The molecular weight excluding hydrogens is 222 g/mol. The van der Waals surface area contributed by atoms with Crippen LogP contribution in [0.15, 0.2) is 0 Å². The molecule has 96 valence electrons. The topological polar surface area (TPSA) is 60.2 Å². The van der Waals surface area contributed by atoms with Crippen LogP contribution >= 0.6 is 0 Å². The van der Waals surface area contributed by atoms with Crippen molar-refractivity contribution in [2.75, 3.05) is 5.75 Å². The molecule has 1 aliphatic rings. The zero-order valence-electron chi connectivity index (χ0n) is 10.8.